The molecule has 1 saturated heterocycles. The van der Waals surface area contributed by atoms with E-state index in [-0.39, 0.29) is 18.0 Å². The number of benzene rings is 1. The van der Waals surface area contributed by atoms with Gasteiger partial charge in [-0.1, -0.05) is 12.8 Å². The molecule has 1 N–H and O–H groups in total. The molecular formula is C15H18FN2O2P. The van der Waals surface area contributed by atoms with Crippen LogP contribution in [0.25, 0.3) is 0 Å². The van der Waals surface area contributed by atoms with Crippen LogP contribution in [0.1, 0.15) is 38.2 Å². The number of nitrogens with zero attached hydrogens (tertiary/aromatic N) is 1. The van der Waals surface area contributed by atoms with E-state index in [4.69, 9.17) is 0 Å². The average molecular weight is 308 g/mol. The first-order chi connectivity index (χ1) is 9.91. The van der Waals surface area contributed by atoms with E-state index in [0.717, 1.165) is 25.7 Å². The highest BCUT2D eigenvalue weighted by molar-refractivity contribution is 7.27. The summed E-state index contributed by atoms with van der Waals surface area (Å²) in [5.41, 5.74) is -0.709. The average Bonchev–Trinajstić information content (AvgIpc) is 2.97. The number of rotatable bonds is 2. The standard InChI is InChI=1S/C15H18FN2O2P/c1-15(9-6-10(16)8-12(21)7-9)13(19)18(14(20)17-15)11-4-2-3-5-11/h6-8,11H,2-5,21H2,1H3,(H,17,20). The summed E-state index contributed by atoms with van der Waals surface area (Å²) in [6.07, 6.45) is 3.78. The molecule has 1 aromatic rings. The number of carbonyl (C=O) groups excluding carboxylic acids is 2. The van der Waals surface area contributed by atoms with Crippen molar-refractivity contribution in [2.24, 2.45) is 0 Å². The molecule has 1 aliphatic carbocycles. The maximum Gasteiger partial charge on any atom is 0.325 e. The van der Waals surface area contributed by atoms with Crippen LogP contribution in [0.2, 0.25) is 0 Å². The highest BCUT2D eigenvalue weighted by Gasteiger charge is 2.51. The molecule has 6 heteroatoms. The number of nitrogens with one attached hydrogen (secondary N) is 1. The summed E-state index contributed by atoms with van der Waals surface area (Å²) in [4.78, 5) is 26.3. The van der Waals surface area contributed by atoms with Gasteiger partial charge in [-0.05, 0) is 48.8 Å². The molecule has 1 aliphatic heterocycles. The predicted octanol–water partition coefficient (Wildman–Crippen LogP) is 2.04. The molecule has 0 aromatic heterocycles. The van der Waals surface area contributed by atoms with Gasteiger partial charge in [-0.3, -0.25) is 9.69 Å². The van der Waals surface area contributed by atoms with Crippen molar-refractivity contribution in [3.8, 4) is 0 Å². The Kier molecular flexibility index (Phi) is 3.48. The molecule has 0 spiro atoms. The van der Waals surface area contributed by atoms with Gasteiger partial charge >= 0.3 is 6.03 Å². The van der Waals surface area contributed by atoms with Crippen molar-refractivity contribution in [3.63, 3.8) is 0 Å². The summed E-state index contributed by atoms with van der Waals surface area (Å²) in [6.45, 7) is 1.64. The van der Waals surface area contributed by atoms with Gasteiger partial charge in [-0.15, -0.1) is 9.24 Å². The summed E-state index contributed by atoms with van der Waals surface area (Å²) in [5, 5.41) is 3.39. The summed E-state index contributed by atoms with van der Waals surface area (Å²) in [6, 6.07) is 3.99. The second kappa shape index (κ2) is 5.06. The quantitative estimate of drug-likeness (QED) is 0.671. The fourth-order valence-electron chi connectivity index (χ4n) is 3.25. The molecule has 21 heavy (non-hydrogen) atoms. The smallest absolute Gasteiger partial charge is 0.319 e. The molecule has 4 nitrogen and oxygen atoms in total. The van der Waals surface area contributed by atoms with Crippen molar-refractivity contribution in [3.05, 3.63) is 29.6 Å². The minimum atomic E-state index is -1.19. The summed E-state index contributed by atoms with van der Waals surface area (Å²) in [5.74, 6) is -0.700. The van der Waals surface area contributed by atoms with Crippen LogP contribution in [0.3, 0.4) is 0 Å². The minimum absolute atomic E-state index is 0.0247. The molecule has 3 rings (SSSR count). The first-order valence-electron chi connectivity index (χ1n) is 7.14. The maximum absolute atomic E-state index is 13.6. The van der Waals surface area contributed by atoms with Gasteiger partial charge in [0, 0.05) is 6.04 Å². The van der Waals surface area contributed by atoms with Crippen molar-refractivity contribution >= 4 is 26.5 Å². The fraction of sp³-hybridized carbons (Fsp3) is 0.467. The van der Waals surface area contributed by atoms with Crippen LogP contribution in [0.5, 0.6) is 0 Å². The van der Waals surface area contributed by atoms with E-state index in [1.807, 2.05) is 0 Å². The molecular weight excluding hydrogens is 290 g/mol. The fourth-order valence-corrected chi connectivity index (χ4v) is 3.59. The topological polar surface area (TPSA) is 49.4 Å². The van der Waals surface area contributed by atoms with Crippen molar-refractivity contribution in [1.82, 2.24) is 10.2 Å². The summed E-state index contributed by atoms with van der Waals surface area (Å²) < 4.78 is 13.6. The normalized spacial score (nSPS) is 26.5. The summed E-state index contributed by atoms with van der Waals surface area (Å²) in [7, 11) is 2.42. The van der Waals surface area contributed by atoms with E-state index in [9.17, 15) is 14.0 Å². The zero-order chi connectivity index (χ0) is 15.2. The summed E-state index contributed by atoms with van der Waals surface area (Å²) >= 11 is 0. The number of carbonyl (C=O) groups is 2. The van der Waals surface area contributed by atoms with Gasteiger partial charge in [-0.25, -0.2) is 9.18 Å². The van der Waals surface area contributed by atoms with Crippen LogP contribution in [0.4, 0.5) is 9.18 Å². The SMILES string of the molecule is CC1(c2cc(F)cc(P)c2)NC(=O)N(C2CCCC2)C1=O. The van der Waals surface area contributed by atoms with E-state index in [1.165, 1.54) is 17.0 Å². The number of hydrogen-bond donors (Lipinski definition) is 1. The van der Waals surface area contributed by atoms with E-state index >= 15 is 0 Å². The van der Waals surface area contributed by atoms with Crippen molar-refractivity contribution in [2.45, 2.75) is 44.2 Å². The first-order valence-corrected chi connectivity index (χ1v) is 7.72. The number of imide groups is 1. The molecule has 2 fully saturated rings. The maximum atomic E-state index is 13.6. The molecule has 1 heterocycles. The second-order valence-corrected chi connectivity index (χ2v) is 6.61. The van der Waals surface area contributed by atoms with E-state index in [2.05, 4.69) is 14.6 Å². The van der Waals surface area contributed by atoms with Crippen LogP contribution in [0, 0.1) is 5.82 Å². The Morgan fingerprint density at radius 1 is 1.29 bits per heavy atom. The lowest BCUT2D eigenvalue weighted by Crippen LogP contribution is -2.43. The van der Waals surface area contributed by atoms with Crippen LogP contribution in [-0.4, -0.2) is 22.9 Å². The lowest BCUT2D eigenvalue weighted by molar-refractivity contribution is -0.132. The molecule has 2 atom stereocenters. The van der Waals surface area contributed by atoms with Crippen LogP contribution in [0.15, 0.2) is 18.2 Å². The zero-order valence-corrected chi connectivity index (χ0v) is 13.0. The Morgan fingerprint density at radius 2 is 1.95 bits per heavy atom. The number of hydrogen-bond acceptors (Lipinski definition) is 2. The van der Waals surface area contributed by atoms with Crippen molar-refractivity contribution in [1.29, 1.82) is 0 Å². The molecule has 1 saturated carbocycles. The lowest BCUT2D eigenvalue weighted by atomic mass is 9.91. The predicted molar refractivity (Wildman–Crippen MR) is 80.7 cm³/mol. The number of amides is 3. The number of urea groups is 1. The highest BCUT2D eigenvalue weighted by atomic mass is 31.0. The number of halogens is 1. The van der Waals surface area contributed by atoms with Crippen LogP contribution >= 0.6 is 9.24 Å². The third kappa shape index (κ3) is 2.34. The van der Waals surface area contributed by atoms with Gasteiger partial charge in [0.2, 0.25) is 0 Å². The monoisotopic (exact) mass is 308 g/mol. The Bertz CT molecular complexity index is 595. The first kappa shape index (κ1) is 14.5. The lowest BCUT2D eigenvalue weighted by Gasteiger charge is -2.25. The van der Waals surface area contributed by atoms with E-state index < -0.39 is 11.4 Å². The zero-order valence-electron chi connectivity index (χ0n) is 11.9. The van der Waals surface area contributed by atoms with Gasteiger partial charge in [0.25, 0.3) is 5.91 Å². The van der Waals surface area contributed by atoms with E-state index in [0.29, 0.717) is 10.9 Å². The largest absolute Gasteiger partial charge is 0.325 e. The van der Waals surface area contributed by atoms with Gasteiger partial charge < -0.3 is 5.32 Å². The molecule has 2 aliphatic rings. The van der Waals surface area contributed by atoms with Gasteiger partial charge in [0.1, 0.15) is 11.4 Å². The van der Waals surface area contributed by atoms with Crippen LogP contribution < -0.4 is 10.6 Å². The Hall–Kier alpha value is -1.48. The molecule has 2 unspecified atom stereocenters. The van der Waals surface area contributed by atoms with Gasteiger partial charge in [0.05, 0.1) is 0 Å². The Labute approximate surface area is 125 Å². The van der Waals surface area contributed by atoms with Crippen molar-refractivity contribution in [2.75, 3.05) is 0 Å². The molecule has 1 aromatic carbocycles. The molecule has 0 bridgehead atoms. The molecule has 0 radical (unpaired) electrons. The van der Waals surface area contributed by atoms with Crippen LogP contribution in [-0.2, 0) is 10.3 Å². The van der Waals surface area contributed by atoms with Gasteiger partial charge in [-0.2, -0.15) is 0 Å². The Morgan fingerprint density at radius 3 is 2.57 bits per heavy atom. The third-order valence-electron chi connectivity index (χ3n) is 4.41. The highest BCUT2D eigenvalue weighted by Crippen LogP contribution is 2.34. The Balaban J connectivity index is 1.98. The van der Waals surface area contributed by atoms with E-state index in [1.54, 1.807) is 13.0 Å². The second-order valence-electron chi connectivity index (χ2n) is 5.94. The molecule has 112 valence electrons. The minimum Gasteiger partial charge on any atom is -0.319 e. The third-order valence-corrected chi connectivity index (χ3v) is 4.74. The van der Waals surface area contributed by atoms with Gasteiger partial charge in [0.15, 0.2) is 0 Å². The van der Waals surface area contributed by atoms with Crippen molar-refractivity contribution < 1.29 is 14.0 Å². The molecule has 3 amide bonds.